The van der Waals surface area contributed by atoms with Crippen molar-refractivity contribution in [3.8, 4) is 5.75 Å². The van der Waals surface area contributed by atoms with Crippen molar-refractivity contribution in [2.75, 3.05) is 13.1 Å². The summed E-state index contributed by atoms with van der Waals surface area (Å²) in [5.41, 5.74) is 0.680. The lowest BCUT2D eigenvalue weighted by molar-refractivity contribution is 0.172. The molecule has 0 radical (unpaired) electrons. The van der Waals surface area contributed by atoms with E-state index in [1.807, 2.05) is 6.92 Å². The summed E-state index contributed by atoms with van der Waals surface area (Å²) < 4.78 is 13.7. The van der Waals surface area contributed by atoms with Crippen LogP contribution in [0.25, 0.3) is 0 Å². The fourth-order valence-corrected chi connectivity index (χ4v) is 2.36. The SMILES string of the molecule is CC(c1ccc(O)cc1F)N1CCCCC1. The zero-order valence-corrected chi connectivity index (χ0v) is 9.62. The van der Waals surface area contributed by atoms with Crippen LogP contribution in [-0.2, 0) is 0 Å². The van der Waals surface area contributed by atoms with Crippen LogP contribution in [0.1, 0.15) is 37.8 Å². The van der Waals surface area contributed by atoms with Gasteiger partial charge in [0.05, 0.1) is 0 Å². The van der Waals surface area contributed by atoms with E-state index in [2.05, 4.69) is 4.90 Å². The number of nitrogens with zero attached hydrogens (tertiary/aromatic N) is 1. The van der Waals surface area contributed by atoms with Crippen LogP contribution >= 0.6 is 0 Å². The largest absolute Gasteiger partial charge is 0.508 e. The highest BCUT2D eigenvalue weighted by Crippen LogP contribution is 2.27. The first kappa shape index (κ1) is 11.4. The number of hydrogen-bond acceptors (Lipinski definition) is 2. The molecule has 2 rings (SSSR count). The van der Waals surface area contributed by atoms with E-state index in [1.165, 1.54) is 25.3 Å². The first-order valence-electron chi connectivity index (χ1n) is 5.91. The van der Waals surface area contributed by atoms with Gasteiger partial charge in [-0.2, -0.15) is 0 Å². The zero-order valence-electron chi connectivity index (χ0n) is 9.62. The molecular formula is C13H18FNO. The predicted molar refractivity (Wildman–Crippen MR) is 61.9 cm³/mol. The summed E-state index contributed by atoms with van der Waals surface area (Å²) in [6, 6.07) is 4.53. The number of benzene rings is 1. The smallest absolute Gasteiger partial charge is 0.131 e. The maximum Gasteiger partial charge on any atom is 0.131 e. The van der Waals surface area contributed by atoms with E-state index in [0.29, 0.717) is 5.56 Å². The Bertz CT molecular complexity index is 361. The summed E-state index contributed by atoms with van der Waals surface area (Å²) in [5, 5.41) is 9.18. The normalized spacial score (nSPS) is 19.6. The second-order valence-electron chi connectivity index (χ2n) is 4.48. The summed E-state index contributed by atoms with van der Waals surface area (Å²) in [6.45, 7) is 4.11. The molecule has 2 nitrogen and oxygen atoms in total. The summed E-state index contributed by atoms with van der Waals surface area (Å²) in [5.74, 6) is -0.315. The minimum absolute atomic E-state index is 0.00732. The Morgan fingerprint density at radius 2 is 1.94 bits per heavy atom. The van der Waals surface area contributed by atoms with Crippen molar-refractivity contribution in [2.45, 2.75) is 32.2 Å². The quantitative estimate of drug-likeness (QED) is 0.832. The molecule has 0 saturated carbocycles. The molecule has 1 fully saturated rings. The van der Waals surface area contributed by atoms with Crippen LogP contribution in [0.4, 0.5) is 4.39 Å². The molecule has 0 bridgehead atoms. The molecule has 0 aliphatic carbocycles. The van der Waals surface area contributed by atoms with E-state index >= 15 is 0 Å². The summed E-state index contributed by atoms with van der Waals surface area (Å²) in [4.78, 5) is 2.30. The van der Waals surface area contributed by atoms with Gasteiger partial charge in [-0.1, -0.05) is 12.5 Å². The van der Waals surface area contributed by atoms with Gasteiger partial charge in [0.1, 0.15) is 11.6 Å². The number of phenols is 1. The number of rotatable bonds is 2. The first-order chi connectivity index (χ1) is 7.68. The van der Waals surface area contributed by atoms with E-state index in [-0.39, 0.29) is 17.6 Å². The highest BCUT2D eigenvalue weighted by atomic mass is 19.1. The zero-order chi connectivity index (χ0) is 11.5. The Labute approximate surface area is 95.7 Å². The Morgan fingerprint density at radius 1 is 1.25 bits per heavy atom. The molecule has 0 amide bonds. The lowest BCUT2D eigenvalue weighted by atomic mass is 10.0. The van der Waals surface area contributed by atoms with Crippen molar-refractivity contribution in [1.29, 1.82) is 0 Å². The van der Waals surface area contributed by atoms with Gasteiger partial charge in [0.2, 0.25) is 0 Å². The molecule has 88 valence electrons. The highest BCUT2D eigenvalue weighted by Gasteiger charge is 2.20. The van der Waals surface area contributed by atoms with Crippen LogP contribution in [0.2, 0.25) is 0 Å². The van der Waals surface area contributed by atoms with Crippen molar-refractivity contribution in [3.63, 3.8) is 0 Å². The third-order valence-electron chi connectivity index (χ3n) is 3.37. The average Bonchev–Trinajstić information content (AvgIpc) is 2.29. The maximum absolute atomic E-state index is 13.7. The van der Waals surface area contributed by atoms with Crippen LogP contribution in [0, 0.1) is 5.82 Å². The van der Waals surface area contributed by atoms with E-state index in [0.717, 1.165) is 13.1 Å². The summed E-state index contributed by atoms with van der Waals surface area (Å²) in [7, 11) is 0. The number of halogens is 1. The van der Waals surface area contributed by atoms with Crippen molar-refractivity contribution >= 4 is 0 Å². The minimum Gasteiger partial charge on any atom is -0.508 e. The maximum atomic E-state index is 13.7. The van der Waals surface area contributed by atoms with Crippen LogP contribution in [0.3, 0.4) is 0 Å². The van der Waals surface area contributed by atoms with Crippen LogP contribution in [0.5, 0.6) is 5.75 Å². The van der Waals surface area contributed by atoms with E-state index in [9.17, 15) is 9.50 Å². The van der Waals surface area contributed by atoms with Crippen molar-refractivity contribution < 1.29 is 9.50 Å². The molecule has 1 atom stereocenters. The summed E-state index contributed by atoms with van der Waals surface area (Å²) >= 11 is 0. The van der Waals surface area contributed by atoms with Gasteiger partial charge in [-0.3, -0.25) is 4.90 Å². The Morgan fingerprint density at radius 3 is 2.56 bits per heavy atom. The lowest BCUT2D eigenvalue weighted by Crippen LogP contribution is -2.32. The van der Waals surface area contributed by atoms with Gasteiger partial charge in [-0.15, -0.1) is 0 Å². The Balaban J connectivity index is 2.15. The summed E-state index contributed by atoms with van der Waals surface area (Å²) in [6.07, 6.45) is 3.68. The first-order valence-corrected chi connectivity index (χ1v) is 5.91. The van der Waals surface area contributed by atoms with E-state index < -0.39 is 0 Å². The standard InChI is InChI=1S/C13H18FNO/c1-10(15-7-3-2-4-8-15)12-6-5-11(16)9-13(12)14/h5-6,9-10,16H,2-4,7-8H2,1H3. The minimum atomic E-state index is -0.307. The lowest BCUT2D eigenvalue weighted by Gasteiger charge is -2.32. The fraction of sp³-hybridized carbons (Fsp3) is 0.538. The number of likely N-dealkylation sites (tertiary alicyclic amines) is 1. The molecular weight excluding hydrogens is 205 g/mol. The number of phenolic OH excluding ortho intramolecular Hbond substituents is 1. The molecule has 1 aliphatic heterocycles. The molecule has 1 aromatic rings. The fourth-order valence-electron chi connectivity index (χ4n) is 2.36. The van der Waals surface area contributed by atoms with Gasteiger partial charge in [0.25, 0.3) is 0 Å². The van der Waals surface area contributed by atoms with Crippen molar-refractivity contribution in [1.82, 2.24) is 4.90 Å². The topological polar surface area (TPSA) is 23.5 Å². The van der Waals surface area contributed by atoms with Gasteiger partial charge in [-0.05, 0) is 38.9 Å². The third-order valence-corrected chi connectivity index (χ3v) is 3.37. The van der Waals surface area contributed by atoms with Crippen molar-refractivity contribution in [3.05, 3.63) is 29.6 Å². The molecule has 1 unspecified atom stereocenters. The monoisotopic (exact) mass is 223 g/mol. The van der Waals surface area contributed by atoms with Crippen LogP contribution in [-0.4, -0.2) is 23.1 Å². The number of piperidine rings is 1. The molecule has 1 aromatic carbocycles. The van der Waals surface area contributed by atoms with E-state index in [4.69, 9.17) is 0 Å². The van der Waals surface area contributed by atoms with Gasteiger partial charge in [0.15, 0.2) is 0 Å². The van der Waals surface area contributed by atoms with Crippen molar-refractivity contribution in [2.24, 2.45) is 0 Å². The molecule has 1 heterocycles. The number of aromatic hydroxyl groups is 1. The molecule has 3 heteroatoms. The molecule has 16 heavy (non-hydrogen) atoms. The molecule has 0 spiro atoms. The highest BCUT2D eigenvalue weighted by molar-refractivity contribution is 5.29. The predicted octanol–water partition coefficient (Wildman–Crippen LogP) is 3.08. The Kier molecular flexibility index (Phi) is 3.44. The molecule has 1 saturated heterocycles. The van der Waals surface area contributed by atoms with Gasteiger partial charge in [-0.25, -0.2) is 4.39 Å². The van der Waals surface area contributed by atoms with E-state index in [1.54, 1.807) is 12.1 Å². The second-order valence-corrected chi connectivity index (χ2v) is 4.48. The van der Waals surface area contributed by atoms with Crippen LogP contribution in [0.15, 0.2) is 18.2 Å². The average molecular weight is 223 g/mol. The Hall–Kier alpha value is -1.09. The van der Waals surface area contributed by atoms with Gasteiger partial charge < -0.3 is 5.11 Å². The van der Waals surface area contributed by atoms with Gasteiger partial charge in [0, 0.05) is 17.7 Å². The second kappa shape index (κ2) is 4.83. The molecule has 1 aliphatic rings. The van der Waals surface area contributed by atoms with Gasteiger partial charge >= 0.3 is 0 Å². The molecule has 1 N–H and O–H groups in total. The molecule has 0 aromatic heterocycles. The third kappa shape index (κ3) is 2.35. The number of hydrogen-bond donors (Lipinski definition) is 1. The van der Waals surface area contributed by atoms with Crippen LogP contribution < -0.4 is 0 Å².